The van der Waals surface area contributed by atoms with E-state index in [1.807, 2.05) is 0 Å². The van der Waals surface area contributed by atoms with Gasteiger partial charge in [0.05, 0.1) is 12.7 Å². The molecular formula is C19H26ClNO5. The first-order valence-electron chi connectivity index (χ1n) is 8.93. The van der Waals surface area contributed by atoms with Gasteiger partial charge in [0.1, 0.15) is 6.10 Å². The molecule has 0 aliphatic carbocycles. The molecule has 1 aromatic rings. The van der Waals surface area contributed by atoms with Crippen LogP contribution in [0.25, 0.3) is 0 Å². The Morgan fingerprint density at radius 1 is 1.38 bits per heavy atom. The molecule has 1 aliphatic heterocycles. The Hall–Kier alpha value is -1.63. The molecule has 3 atom stereocenters. The maximum atomic E-state index is 12.6. The molecule has 2 rings (SSSR count). The lowest BCUT2D eigenvalue weighted by atomic mass is 9.87. The minimum absolute atomic E-state index is 0.00864. The van der Waals surface area contributed by atoms with Crippen LogP contribution in [0.2, 0.25) is 5.02 Å². The average molecular weight is 384 g/mol. The molecule has 1 saturated heterocycles. The molecule has 1 amide bonds. The monoisotopic (exact) mass is 383 g/mol. The SMILES string of the molecule is CCC(NC(=O)C(C)OCC1CCCCO1)(C(=O)O)c1ccc(Cl)cc1. The van der Waals surface area contributed by atoms with E-state index in [9.17, 15) is 14.7 Å². The second kappa shape index (κ2) is 9.35. The van der Waals surface area contributed by atoms with Crippen LogP contribution in [0.1, 0.15) is 45.1 Å². The van der Waals surface area contributed by atoms with Crippen LogP contribution in [0.15, 0.2) is 24.3 Å². The summed E-state index contributed by atoms with van der Waals surface area (Å²) < 4.78 is 11.2. The highest BCUT2D eigenvalue weighted by Crippen LogP contribution is 2.27. The first-order chi connectivity index (χ1) is 12.4. The van der Waals surface area contributed by atoms with Crippen molar-refractivity contribution in [3.63, 3.8) is 0 Å². The molecule has 6 nitrogen and oxygen atoms in total. The number of carbonyl (C=O) groups excluding carboxylic acids is 1. The second-order valence-corrected chi connectivity index (χ2v) is 6.96. The Labute approximate surface area is 158 Å². The molecule has 1 aliphatic rings. The summed E-state index contributed by atoms with van der Waals surface area (Å²) in [6.45, 7) is 4.36. The fourth-order valence-electron chi connectivity index (χ4n) is 3.01. The lowest BCUT2D eigenvalue weighted by Crippen LogP contribution is -2.54. The van der Waals surface area contributed by atoms with Gasteiger partial charge in [0.25, 0.3) is 0 Å². The summed E-state index contributed by atoms with van der Waals surface area (Å²) in [5.41, 5.74) is -1.06. The minimum Gasteiger partial charge on any atom is -0.479 e. The van der Waals surface area contributed by atoms with E-state index < -0.39 is 23.5 Å². The molecule has 0 aromatic heterocycles. The molecule has 2 N–H and O–H groups in total. The standard InChI is InChI=1S/C19H26ClNO5/c1-3-19(18(23)24,14-7-9-15(20)10-8-14)21-17(22)13(2)26-12-16-6-4-5-11-25-16/h7-10,13,16H,3-6,11-12H2,1-2H3,(H,21,22)(H,23,24). The highest BCUT2D eigenvalue weighted by Gasteiger charge is 2.41. The van der Waals surface area contributed by atoms with E-state index in [4.69, 9.17) is 21.1 Å². The quantitative estimate of drug-likeness (QED) is 0.720. The van der Waals surface area contributed by atoms with Gasteiger partial charge < -0.3 is 19.9 Å². The normalized spacial score (nSPS) is 20.8. The number of hydrogen-bond acceptors (Lipinski definition) is 4. The Morgan fingerprint density at radius 3 is 2.62 bits per heavy atom. The second-order valence-electron chi connectivity index (χ2n) is 6.52. The van der Waals surface area contributed by atoms with E-state index in [1.165, 1.54) is 0 Å². The summed E-state index contributed by atoms with van der Waals surface area (Å²) in [6.07, 6.45) is 2.44. The highest BCUT2D eigenvalue weighted by atomic mass is 35.5. The number of amides is 1. The number of nitrogens with one attached hydrogen (secondary N) is 1. The van der Waals surface area contributed by atoms with E-state index in [1.54, 1.807) is 38.1 Å². The molecule has 1 fully saturated rings. The first kappa shape index (κ1) is 20.7. The predicted molar refractivity (Wildman–Crippen MR) is 98.2 cm³/mol. The lowest BCUT2D eigenvalue weighted by Gasteiger charge is -2.31. The lowest BCUT2D eigenvalue weighted by molar-refractivity contribution is -0.151. The summed E-state index contributed by atoms with van der Waals surface area (Å²) in [5, 5.41) is 13.0. The van der Waals surface area contributed by atoms with Crippen molar-refractivity contribution in [2.24, 2.45) is 0 Å². The predicted octanol–water partition coefficient (Wildman–Crippen LogP) is 3.12. The van der Waals surface area contributed by atoms with E-state index in [2.05, 4.69) is 5.32 Å². The van der Waals surface area contributed by atoms with Crippen molar-refractivity contribution in [2.45, 2.75) is 57.3 Å². The molecule has 0 bridgehead atoms. The third-order valence-corrected chi connectivity index (χ3v) is 5.00. The third-order valence-electron chi connectivity index (χ3n) is 4.74. The number of carbonyl (C=O) groups is 2. The third kappa shape index (κ3) is 4.96. The Morgan fingerprint density at radius 2 is 2.08 bits per heavy atom. The number of halogens is 1. The Kier molecular flexibility index (Phi) is 7.43. The molecule has 0 saturated carbocycles. The molecule has 1 aromatic carbocycles. The Balaban J connectivity index is 2.05. The Bertz CT molecular complexity index is 615. The largest absolute Gasteiger partial charge is 0.479 e. The smallest absolute Gasteiger partial charge is 0.334 e. The van der Waals surface area contributed by atoms with Crippen molar-refractivity contribution in [1.29, 1.82) is 0 Å². The fraction of sp³-hybridized carbons (Fsp3) is 0.579. The maximum Gasteiger partial charge on any atom is 0.334 e. The van der Waals surface area contributed by atoms with E-state index in [-0.39, 0.29) is 12.5 Å². The average Bonchev–Trinajstić information content (AvgIpc) is 2.65. The van der Waals surface area contributed by atoms with Gasteiger partial charge in [-0.2, -0.15) is 0 Å². The minimum atomic E-state index is -1.53. The van der Waals surface area contributed by atoms with Crippen molar-refractivity contribution in [2.75, 3.05) is 13.2 Å². The van der Waals surface area contributed by atoms with Gasteiger partial charge in [-0.3, -0.25) is 4.79 Å². The number of rotatable bonds is 8. The van der Waals surface area contributed by atoms with Crippen molar-refractivity contribution in [1.82, 2.24) is 5.32 Å². The van der Waals surface area contributed by atoms with Crippen molar-refractivity contribution in [3.8, 4) is 0 Å². The molecule has 0 spiro atoms. The van der Waals surface area contributed by atoms with Crippen molar-refractivity contribution in [3.05, 3.63) is 34.9 Å². The molecule has 3 unspecified atom stereocenters. The number of ether oxygens (including phenoxy) is 2. The van der Waals surface area contributed by atoms with Gasteiger partial charge in [-0.15, -0.1) is 0 Å². The molecule has 1 heterocycles. The fourth-order valence-corrected chi connectivity index (χ4v) is 3.13. The molecular weight excluding hydrogens is 358 g/mol. The van der Waals surface area contributed by atoms with Crippen LogP contribution in [-0.2, 0) is 24.6 Å². The van der Waals surface area contributed by atoms with Crippen LogP contribution < -0.4 is 5.32 Å². The van der Waals surface area contributed by atoms with Gasteiger partial charge in [0, 0.05) is 11.6 Å². The van der Waals surface area contributed by atoms with Gasteiger partial charge in [-0.1, -0.05) is 30.7 Å². The molecule has 144 valence electrons. The van der Waals surface area contributed by atoms with Gasteiger partial charge in [-0.25, -0.2) is 4.79 Å². The molecule has 26 heavy (non-hydrogen) atoms. The van der Waals surface area contributed by atoms with Crippen LogP contribution in [0.3, 0.4) is 0 Å². The number of carboxylic acid groups (broad SMARTS) is 1. The van der Waals surface area contributed by atoms with E-state index >= 15 is 0 Å². The van der Waals surface area contributed by atoms with Crippen LogP contribution in [0.5, 0.6) is 0 Å². The summed E-state index contributed by atoms with van der Waals surface area (Å²) in [7, 11) is 0. The van der Waals surface area contributed by atoms with Gasteiger partial charge in [-0.05, 0) is 50.3 Å². The number of carboxylic acids is 1. The maximum absolute atomic E-state index is 12.6. The van der Waals surface area contributed by atoms with Crippen molar-refractivity contribution >= 4 is 23.5 Å². The van der Waals surface area contributed by atoms with Crippen LogP contribution in [0.4, 0.5) is 0 Å². The number of aliphatic carboxylic acids is 1. The summed E-state index contributed by atoms with van der Waals surface area (Å²) in [5.74, 6) is -1.60. The van der Waals surface area contributed by atoms with Crippen LogP contribution in [0, 0.1) is 0 Å². The van der Waals surface area contributed by atoms with Gasteiger partial charge in [0.15, 0.2) is 5.54 Å². The molecule has 0 radical (unpaired) electrons. The van der Waals surface area contributed by atoms with Gasteiger partial charge in [0.2, 0.25) is 5.91 Å². The zero-order valence-electron chi connectivity index (χ0n) is 15.2. The van der Waals surface area contributed by atoms with E-state index in [0.29, 0.717) is 23.8 Å². The summed E-state index contributed by atoms with van der Waals surface area (Å²) in [6, 6.07) is 6.44. The summed E-state index contributed by atoms with van der Waals surface area (Å²) in [4.78, 5) is 24.6. The summed E-state index contributed by atoms with van der Waals surface area (Å²) >= 11 is 5.89. The van der Waals surface area contributed by atoms with E-state index in [0.717, 1.165) is 19.3 Å². The number of hydrogen-bond donors (Lipinski definition) is 2. The van der Waals surface area contributed by atoms with Crippen LogP contribution in [-0.4, -0.2) is 42.4 Å². The highest BCUT2D eigenvalue weighted by molar-refractivity contribution is 6.30. The van der Waals surface area contributed by atoms with Gasteiger partial charge >= 0.3 is 5.97 Å². The number of benzene rings is 1. The van der Waals surface area contributed by atoms with Crippen LogP contribution >= 0.6 is 11.6 Å². The zero-order chi connectivity index (χ0) is 19.2. The zero-order valence-corrected chi connectivity index (χ0v) is 15.9. The van der Waals surface area contributed by atoms with Crippen molar-refractivity contribution < 1.29 is 24.2 Å². The topological polar surface area (TPSA) is 84.9 Å². The molecule has 7 heteroatoms. The first-order valence-corrected chi connectivity index (χ1v) is 9.31.